The first-order chi connectivity index (χ1) is 7.90. The summed E-state index contributed by atoms with van der Waals surface area (Å²) in [7, 11) is 0. The van der Waals surface area contributed by atoms with Crippen LogP contribution in [-0.2, 0) is 4.79 Å². The van der Waals surface area contributed by atoms with Gasteiger partial charge in [-0.1, -0.05) is 6.92 Å². The highest BCUT2D eigenvalue weighted by Gasteiger charge is 2.34. The second-order valence-electron chi connectivity index (χ2n) is 4.60. The molecule has 5 nitrogen and oxygen atoms in total. The van der Waals surface area contributed by atoms with Crippen molar-refractivity contribution in [3.05, 3.63) is 18.2 Å². The van der Waals surface area contributed by atoms with Crippen LogP contribution in [0.3, 0.4) is 0 Å². The van der Waals surface area contributed by atoms with E-state index in [1.54, 1.807) is 13.1 Å². The summed E-state index contributed by atoms with van der Waals surface area (Å²) >= 11 is 0. The highest BCUT2D eigenvalue weighted by Crippen LogP contribution is 2.22. The summed E-state index contributed by atoms with van der Waals surface area (Å²) in [6.45, 7) is 8.20. The fourth-order valence-corrected chi connectivity index (χ4v) is 2.17. The number of hydrogen-bond donors (Lipinski definition) is 2. The number of aryl methyl sites for hydroxylation is 1. The molecule has 0 spiro atoms. The van der Waals surface area contributed by atoms with Crippen LogP contribution in [0.15, 0.2) is 12.4 Å². The number of aliphatic carboxylic acids is 1. The Morgan fingerprint density at radius 2 is 2.35 bits per heavy atom. The molecule has 1 aromatic rings. The quantitative estimate of drug-likeness (QED) is 0.791. The number of carbonyl (C=O) groups is 1. The lowest BCUT2D eigenvalue weighted by Gasteiger charge is -2.29. The molecule has 2 N–H and O–H groups in total. The first-order valence-electron chi connectivity index (χ1n) is 5.88. The second-order valence-corrected chi connectivity index (χ2v) is 4.60. The molecule has 2 unspecified atom stereocenters. The zero-order valence-electron chi connectivity index (χ0n) is 10.9. The Morgan fingerprint density at radius 1 is 1.71 bits per heavy atom. The number of carboxylic acids is 1. The van der Waals surface area contributed by atoms with Gasteiger partial charge in [-0.05, 0) is 33.7 Å². The molecule has 0 bridgehead atoms. The molecule has 1 heterocycles. The average Bonchev–Trinajstić information content (AvgIpc) is 2.64. The lowest BCUT2D eigenvalue weighted by Crippen LogP contribution is -2.50. The molecule has 0 saturated carbocycles. The molecular weight excluding hydrogens is 218 g/mol. The Kier molecular flexibility index (Phi) is 4.28. The van der Waals surface area contributed by atoms with E-state index in [0.29, 0.717) is 13.0 Å². The number of nitrogens with zero attached hydrogens (tertiary/aromatic N) is 2. The first kappa shape index (κ1) is 13.7. The van der Waals surface area contributed by atoms with Gasteiger partial charge in [-0.3, -0.25) is 4.79 Å². The van der Waals surface area contributed by atoms with Crippen molar-refractivity contribution in [2.75, 3.05) is 6.54 Å². The van der Waals surface area contributed by atoms with Crippen LogP contribution in [0.1, 0.15) is 39.1 Å². The predicted molar refractivity (Wildman–Crippen MR) is 66.0 cm³/mol. The third-order valence-corrected chi connectivity index (χ3v) is 3.08. The van der Waals surface area contributed by atoms with Crippen LogP contribution in [0.25, 0.3) is 0 Å². The lowest BCUT2D eigenvalue weighted by molar-refractivity contribution is -0.144. The monoisotopic (exact) mass is 239 g/mol. The molecule has 0 aromatic carbocycles. The van der Waals surface area contributed by atoms with Gasteiger partial charge in [0, 0.05) is 18.4 Å². The molecular formula is C12H21N3O2. The van der Waals surface area contributed by atoms with E-state index in [1.807, 2.05) is 31.5 Å². The Labute approximate surface area is 102 Å². The maximum Gasteiger partial charge on any atom is 0.323 e. The van der Waals surface area contributed by atoms with E-state index in [1.165, 1.54) is 0 Å². The summed E-state index contributed by atoms with van der Waals surface area (Å²) in [6, 6.07) is 0.0950. The highest BCUT2D eigenvalue weighted by molar-refractivity contribution is 5.78. The van der Waals surface area contributed by atoms with Crippen LogP contribution >= 0.6 is 0 Å². The van der Waals surface area contributed by atoms with Gasteiger partial charge < -0.3 is 15.0 Å². The molecule has 0 radical (unpaired) electrons. The third kappa shape index (κ3) is 3.06. The summed E-state index contributed by atoms with van der Waals surface area (Å²) in [5, 5.41) is 12.3. The maximum absolute atomic E-state index is 11.3. The topological polar surface area (TPSA) is 67.2 Å². The number of carboxylic acid groups (broad SMARTS) is 1. The largest absolute Gasteiger partial charge is 0.480 e. The van der Waals surface area contributed by atoms with Gasteiger partial charge in [0.2, 0.25) is 0 Å². The molecule has 2 atom stereocenters. The van der Waals surface area contributed by atoms with Crippen LogP contribution in [0.5, 0.6) is 0 Å². The van der Waals surface area contributed by atoms with Gasteiger partial charge in [0.25, 0.3) is 0 Å². The van der Waals surface area contributed by atoms with Gasteiger partial charge >= 0.3 is 5.97 Å². The molecule has 1 rings (SSSR count). The number of nitrogens with one attached hydrogen (secondary N) is 1. The van der Waals surface area contributed by atoms with Crippen LogP contribution < -0.4 is 5.32 Å². The van der Waals surface area contributed by atoms with Crippen LogP contribution in [0.4, 0.5) is 0 Å². The zero-order chi connectivity index (χ0) is 13.1. The van der Waals surface area contributed by atoms with E-state index in [4.69, 9.17) is 0 Å². The van der Waals surface area contributed by atoms with E-state index in [9.17, 15) is 9.90 Å². The highest BCUT2D eigenvalue weighted by atomic mass is 16.4. The van der Waals surface area contributed by atoms with Gasteiger partial charge in [-0.15, -0.1) is 0 Å². The second kappa shape index (κ2) is 5.31. The van der Waals surface area contributed by atoms with E-state index < -0.39 is 11.5 Å². The minimum absolute atomic E-state index is 0.0950. The van der Waals surface area contributed by atoms with Crippen molar-refractivity contribution in [1.29, 1.82) is 0 Å². The predicted octanol–water partition coefficient (Wildman–Crippen LogP) is 1.60. The number of aromatic nitrogens is 2. The molecule has 0 amide bonds. The van der Waals surface area contributed by atoms with Crippen molar-refractivity contribution in [1.82, 2.24) is 14.9 Å². The van der Waals surface area contributed by atoms with Crippen molar-refractivity contribution in [3.8, 4) is 0 Å². The van der Waals surface area contributed by atoms with E-state index >= 15 is 0 Å². The summed E-state index contributed by atoms with van der Waals surface area (Å²) in [5.41, 5.74) is -0.898. The third-order valence-electron chi connectivity index (χ3n) is 3.08. The summed E-state index contributed by atoms with van der Waals surface area (Å²) in [4.78, 5) is 15.5. The molecule has 0 aliphatic heterocycles. The molecule has 1 aromatic heterocycles. The van der Waals surface area contributed by atoms with Crippen molar-refractivity contribution < 1.29 is 9.90 Å². The summed E-state index contributed by atoms with van der Waals surface area (Å²) < 4.78 is 2.00. The first-order valence-corrected chi connectivity index (χ1v) is 5.88. The summed E-state index contributed by atoms with van der Waals surface area (Å²) in [5.74, 6) is 0.0886. The normalized spacial score (nSPS) is 16.5. The minimum Gasteiger partial charge on any atom is -0.480 e. The molecule has 0 aliphatic carbocycles. The number of imidazole rings is 1. The Hall–Kier alpha value is -1.36. The molecule has 96 valence electrons. The van der Waals surface area contributed by atoms with Crippen molar-refractivity contribution >= 4 is 5.97 Å². The van der Waals surface area contributed by atoms with Gasteiger partial charge in [-0.2, -0.15) is 0 Å². The molecule has 5 heteroatoms. The maximum atomic E-state index is 11.3. The lowest BCUT2D eigenvalue weighted by atomic mass is 9.93. The smallest absolute Gasteiger partial charge is 0.323 e. The van der Waals surface area contributed by atoms with Gasteiger partial charge in [0.1, 0.15) is 11.4 Å². The minimum atomic E-state index is -0.898. The standard InChI is InChI=1S/C12H21N3O2/c1-5-14-12(4,11(16)17)8-9(2)15-7-6-13-10(15)3/h6-7,9,14H,5,8H2,1-4H3,(H,16,17). The van der Waals surface area contributed by atoms with Gasteiger partial charge in [-0.25, -0.2) is 4.98 Å². The SMILES string of the molecule is CCNC(C)(CC(C)n1ccnc1C)C(=O)O. The van der Waals surface area contributed by atoms with Crippen molar-refractivity contribution in [2.45, 2.75) is 45.7 Å². The fraction of sp³-hybridized carbons (Fsp3) is 0.667. The Morgan fingerprint density at radius 3 is 2.76 bits per heavy atom. The van der Waals surface area contributed by atoms with Gasteiger partial charge in [0.05, 0.1) is 0 Å². The molecule has 0 saturated heterocycles. The van der Waals surface area contributed by atoms with Gasteiger partial charge in [0.15, 0.2) is 0 Å². The van der Waals surface area contributed by atoms with Crippen molar-refractivity contribution in [2.24, 2.45) is 0 Å². The average molecular weight is 239 g/mol. The van der Waals surface area contributed by atoms with E-state index in [2.05, 4.69) is 10.3 Å². The summed E-state index contributed by atoms with van der Waals surface area (Å²) in [6.07, 6.45) is 4.14. The number of hydrogen-bond acceptors (Lipinski definition) is 3. The van der Waals surface area contributed by atoms with Crippen LogP contribution in [0, 0.1) is 6.92 Å². The number of rotatable bonds is 6. The van der Waals surface area contributed by atoms with E-state index in [0.717, 1.165) is 5.82 Å². The Balaban J connectivity index is 2.81. The number of likely N-dealkylation sites (N-methyl/N-ethyl adjacent to an activating group) is 1. The zero-order valence-corrected chi connectivity index (χ0v) is 10.9. The molecule has 0 fully saturated rings. The van der Waals surface area contributed by atoms with E-state index in [-0.39, 0.29) is 6.04 Å². The Bertz CT molecular complexity index is 389. The molecule has 17 heavy (non-hydrogen) atoms. The fourth-order valence-electron chi connectivity index (χ4n) is 2.17. The molecule has 0 aliphatic rings. The van der Waals surface area contributed by atoms with Crippen LogP contribution in [0.2, 0.25) is 0 Å². The van der Waals surface area contributed by atoms with Crippen molar-refractivity contribution in [3.63, 3.8) is 0 Å². The van der Waals surface area contributed by atoms with Crippen LogP contribution in [-0.4, -0.2) is 32.7 Å².